The van der Waals surface area contributed by atoms with Crippen LogP contribution in [0.15, 0.2) is 30.0 Å². The molecule has 1 aromatic rings. The quantitative estimate of drug-likeness (QED) is 0.338. The van der Waals surface area contributed by atoms with E-state index in [2.05, 4.69) is 6.07 Å². The molecule has 0 radical (unpaired) electrons. The van der Waals surface area contributed by atoms with Gasteiger partial charge in [-0.25, -0.2) is 0 Å². The van der Waals surface area contributed by atoms with E-state index in [-0.39, 0.29) is 21.1 Å². The van der Waals surface area contributed by atoms with Crippen LogP contribution in [0.4, 0.5) is 0 Å². The van der Waals surface area contributed by atoms with Crippen molar-refractivity contribution in [3.8, 4) is 5.75 Å². The first-order valence-corrected chi connectivity index (χ1v) is 7.28. The molecular formula is C18H27O3W-. The van der Waals surface area contributed by atoms with Gasteiger partial charge in [0.2, 0.25) is 0 Å². The van der Waals surface area contributed by atoms with Crippen molar-refractivity contribution in [2.75, 3.05) is 20.8 Å². The van der Waals surface area contributed by atoms with Crippen LogP contribution < -0.4 is 4.74 Å². The molecule has 0 bridgehead atoms. The van der Waals surface area contributed by atoms with Crippen molar-refractivity contribution in [1.29, 1.82) is 0 Å². The van der Waals surface area contributed by atoms with Gasteiger partial charge in [0.25, 0.3) is 0 Å². The van der Waals surface area contributed by atoms with Gasteiger partial charge in [-0.05, 0) is 19.9 Å². The maximum atomic E-state index is 5.50. The zero-order valence-electron chi connectivity index (χ0n) is 14.6. The van der Waals surface area contributed by atoms with Crippen molar-refractivity contribution in [3.63, 3.8) is 0 Å². The zero-order valence-corrected chi connectivity index (χ0v) is 17.6. The zero-order chi connectivity index (χ0) is 16.3. The fourth-order valence-electron chi connectivity index (χ4n) is 1.71. The Balaban J connectivity index is 0. The molecule has 4 heteroatoms. The molecule has 0 amide bonds. The summed E-state index contributed by atoms with van der Waals surface area (Å²) in [4.78, 5) is 0. The largest absolute Gasteiger partial charge is 0.523 e. The van der Waals surface area contributed by atoms with Gasteiger partial charge >= 0.3 is 0 Å². The molecule has 0 saturated carbocycles. The predicted octanol–water partition coefficient (Wildman–Crippen LogP) is 4.76. The van der Waals surface area contributed by atoms with Crippen molar-refractivity contribution in [2.45, 2.75) is 34.6 Å². The van der Waals surface area contributed by atoms with Crippen molar-refractivity contribution in [3.05, 3.63) is 47.2 Å². The van der Waals surface area contributed by atoms with Crippen LogP contribution in [0.1, 0.15) is 38.8 Å². The summed E-state index contributed by atoms with van der Waals surface area (Å²) in [5.41, 5.74) is 1.95. The standard InChI is InChI=1S/C16H21O3.C2H6.W/c1-6-13(19-7-2)11-16(18-5)15-9-8-14(17-4)10-12(15)3;1-2;/h6,8-9,11H,7H2,1-5H3;1-2H3;/q-1;;/b13-6+,16-11+;;. The molecule has 0 atom stereocenters. The van der Waals surface area contributed by atoms with E-state index < -0.39 is 0 Å². The van der Waals surface area contributed by atoms with Gasteiger partial charge in [-0.15, -0.1) is 12.1 Å². The van der Waals surface area contributed by atoms with Gasteiger partial charge in [-0.2, -0.15) is 11.6 Å². The molecule has 0 aliphatic heterocycles. The summed E-state index contributed by atoms with van der Waals surface area (Å²) in [7, 11) is 3.28. The van der Waals surface area contributed by atoms with Crippen LogP contribution in [0, 0.1) is 13.0 Å². The number of rotatable bonds is 6. The molecule has 0 saturated heterocycles. The number of aryl methyl sites for hydroxylation is 1. The van der Waals surface area contributed by atoms with Crippen LogP contribution in [0.25, 0.3) is 5.76 Å². The Morgan fingerprint density at radius 2 is 1.86 bits per heavy atom. The average molecular weight is 475 g/mol. The van der Waals surface area contributed by atoms with Crippen molar-refractivity contribution in [1.82, 2.24) is 0 Å². The average Bonchev–Trinajstić information content (AvgIpc) is 2.53. The number of hydrogen-bond donors (Lipinski definition) is 0. The Labute approximate surface area is 149 Å². The number of methoxy groups -OCH3 is 2. The van der Waals surface area contributed by atoms with Gasteiger partial charge in [0.1, 0.15) is 5.76 Å². The van der Waals surface area contributed by atoms with Gasteiger partial charge in [0.05, 0.1) is 26.6 Å². The van der Waals surface area contributed by atoms with Crippen LogP contribution in [-0.4, -0.2) is 20.8 Å². The summed E-state index contributed by atoms with van der Waals surface area (Å²) < 4.78 is 16.1. The third-order valence-electron chi connectivity index (χ3n) is 2.69. The third kappa shape index (κ3) is 7.17. The smallest absolute Gasteiger partial charge is 0.117 e. The molecule has 1 aromatic carbocycles. The monoisotopic (exact) mass is 475 g/mol. The van der Waals surface area contributed by atoms with E-state index in [1.54, 1.807) is 14.2 Å². The Morgan fingerprint density at radius 3 is 2.27 bits per heavy atom. The topological polar surface area (TPSA) is 27.7 Å². The third-order valence-corrected chi connectivity index (χ3v) is 2.69. The van der Waals surface area contributed by atoms with E-state index in [1.165, 1.54) is 0 Å². The number of allylic oxidation sites excluding steroid dienone is 2. The van der Waals surface area contributed by atoms with Crippen molar-refractivity contribution >= 4 is 5.76 Å². The maximum absolute atomic E-state index is 5.50. The molecule has 1 rings (SSSR count). The van der Waals surface area contributed by atoms with Crippen LogP contribution in [0.5, 0.6) is 5.75 Å². The minimum atomic E-state index is 0. The molecule has 0 aromatic heterocycles. The van der Waals surface area contributed by atoms with Crippen molar-refractivity contribution < 1.29 is 35.3 Å². The Morgan fingerprint density at radius 1 is 1.23 bits per heavy atom. The van der Waals surface area contributed by atoms with Crippen LogP contribution >= 0.6 is 0 Å². The van der Waals surface area contributed by atoms with E-state index in [0.717, 1.165) is 22.6 Å². The van der Waals surface area contributed by atoms with Crippen LogP contribution in [0.3, 0.4) is 0 Å². The second-order valence-corrected chi connectivity index (χ2v) is 3.90. The molecule has 0 fully saturated rings. The SMILES string of the molecule is C/C=C(\C=C(\OC)c1ccc(OC)[c-]c1C)OCC.CC.[W]. The molecule has 0 unspecified atom stereocenters. The molecule has 0 N–H and O–H groups in total. The first-order chi connectivity index (χ1) is 10.2. The maximum Gasteiger partial charge on any atom is 0.117 e. The van der Waals surface area contributed by atoms with Gasteiger partial charge in [0, 0.05) is 32.9 Å². The molecule has 124 valence electrons. The van der Waals surface area contributed by atoms with Gasteiger partial charge in [-0.3, -0.25) is 0 Å². The summed E-state index contributed by atoms with van der Waals surface area (Å²) in [6.07, 6.45) is 3.79. The van der Waals surface area contributed by atoms with Crippen LogP contribution in [0.2, 0.25) is 0 Å². The van der Waals surface area contributed by atoms with E-state index in [9.17, 15) is 0 Å². The summed E-state index contributed by atoms with van der Waals surface area (Å²) in [5.74, 6) is 2.25. The summed E-state index contributed by atoms with van der Waals surface area (Å²) in [6, 6.07) is 6.98. The fraction of sp³-hybridized carbons (Fsp3) is 0.444. The van der Waals surface area contributed by atoms with Gasteiger partial charge in [-0.1, -0.05) is 26.3 Å². The summed E-state index contributed by atoms with van der Waals surface area (Å²) in [5, 5.41) is 0. The Bertz CT molecular complexity index is 479. The first kappa shape index (κ1) is 23.1. The predicted molar refractivity (Wildman–Crippen MR) is 88.3 cm³/mol. The molecular weight excluding hydrogens is 448 g/mol. The number of benzene rings is 1. The summed E-state index contributed by atoms with van der Waals surface area (Å²) in [6.45, 7) is 10.5. The minimum absolute atomic E-state index is 0. The van der Waals surface area contributed by atoms with Gasteiger partial charge in [0.15, 0.2) is 0 Å². The molecule has 3 nitrogen and oxygen atoms in total. The van der Waals surface area contributed by atoms with E-state index in [0.29, 0.717) is 12.4 Å². The second-order valence-electron chi connectivity index (χ2n) is 3.90. The minimum Gasteiger partial charge on any atom is -0.523 e. The van der Waals surface area contributed by atoms with Crippen LogP contribution in [-0.2, 0) is 30.5 Å². The first-order valence-electron chi connectivity index (χ1n) is 7.28. The Kier molecular flexibility index (Phi) is 14.1. The van der Waals surface area contributed by atoms with Crippen molar-refractivity contribution in [2.24, 2.45) is 0 Å². The van der Waals surface area contributed by atoms with E-state index in [4.69, 9.17) is 14.2 Å². The normalized spacial score (nSPS) is 10.9. The second kappa shape index (κ2) is 13.5. The molecule has 0 heterocycles. The molecule has 0 spiro atoms. The van der Waals surface area contributed by atoms with Gasteiger partial charge < -0.3 is 14.2 Å². The number of ether oxygens (including phenoxy) is 3. The molecule has 0 aliphatic rings. The number of hydrogen-bond acceptors (Lipinski definition) is 3. The fourth-order valence-corrected chi connectivity index (χ4v) is 1.71. The Hall–Kier alpha value is -1.21. The molecule has 0 aliphatic carbocycles. The summed E-state index contributed by atoms with van der Waals surface area (Å²) >= 11 is 0. The van der Waals surface area contributed by atoms with E-state index >= 15 is 0 Å². The van der Waals surface area contributed by atoms with E-state index in [1.807, 2.05) is 58.9 Å². The molecule has 22 heavy (non-hydrogen) atoms.